The number of fused-ring (bicyclic) bond motifs is 3. The summed E-state index contributed by atoms with van der Waals surface area (Å²) in [7, 11) is 1.59. The summed E-state index contributed by atoms with van der Waals surface area (Å²) in [5.74, 6) is 0.0755. The second-order valence-corrected chi connectivity index (χ2v) is 7.72. The summed E-state index contributed by atoms with van der Waals surface area (Å²) in [6, 6.07) is 20.1. The first kappa shape index (κ1) is 21.2. The SMILES string of the molecule is COc1ccc(C2=C3C(=O)c4c(NC(=O)NNC(=O)c5ccccc5)cccc4C3NN2)cc1. The Morgan fingerprint density at radius 2 is 1.68 bits per heavy atom. The second kappa shape index (κ2) is 8.72. The van der Waals surface area contributed by atoms with Gasteiger partial charge in [0, 0.05) is 11.1 Å². The number of hydrogen-bond acceptors (Lipinski definition) is 6. The third-order valence-corrected chi connectivity index (χ3v) is 5.73. The van der Waals surface area contributed by atoms with E-state index in [4.69, 9.17) is 4.74 Å². The maximum absolute atomic E-state index is 13.4. The van der Waals surface area contributed by atoms with E-state index in [-0.39, 0.29) is 11.8 Å². The maximum atomic E-state index is 13.4. The molecule has 0 fully saturated rings. The fraction of sp³-hybridized carbons (Fsp3) is 0.0800. The molecule has 3 aromatic carbocycles. The number of rotatable bonds is 4. The Bertz CT molecular complexity index is 1320. The van der Waals surface area contributed by atoms with Crippen LogP contribution in [0.25, 0.3) is 5.70 Å². The van der Waals surface area contributed by atoms with E-state index in [1.165, 1.54) is 0 Å². The molecule has 3 amide bonds. The number of ketones is 1. The molecule has 1 unspecified atom stereocenters. The largest absolute Gasteiger partial charge is 0.497 e. The van der Waals surface area contributed by atoms with Crippen molar-refractivity contribution in [2.24, 2.45) is 0 Å². The molecular weight excluding hydrogens is 434 g/mol. The molecule has 9 heteroatoms. The average Bonchev–Trinajstić information content (AvgIpc) is 3.43. The minimum absolute atomic E-state index is 0.187. The lowest BCUT2D eigenvalue weighted by Gasteiger charge is -2.13. The molecular formula is C25H21N5O4. The lowest BCUT2D eigenvalue weighted by atomic mass is 10.0. The van der Waals surface area contributed by atoms with Crippen LogP contribution >= 0.6 is 0 Å². The van der Waals surface area contributed by atoms with Gasteiger partial charge >= 0.3 is 6.03 Å². The topological polar surface area (TPSA) is 121 Å². The van der Waals surface area contributed by atoms with Crippen LogP contribution in [0, 0.1) is 0 Å². The molecule has 170 valence electrons. The van der Waals surface area contributed by atoms with Crippen molar-refractivity contribution >= 4 is 29.1 Å². The predicted octanol–water partition coefficient (Wildman–Crippen LogP) is 2.92. The summed E-state index contributed by atoms with van der Waals surface area (Å²) >= 11 is 0. The monoisotopic (exact) mass is 455 g/mol. The first-order valence-corrected chi connectivity index (χ1v) is 10.6. The summed E-state index contributed by atoms with van der Waals surface area (Å²) in [4.78, 5) is 38.0. The molecule has 0 bridgehead atoms. The molecule has 1 heterocycles. The van der Waals surface area contributed by atoms with E-state index in [9.17, 15) is 14.4 Å². The highest BCUT2D eigenvalue weighted by molar-refractivity contribution is 6.22. The lowest BCUT2D eigenvalue weighted by Crippen LogP contribution is -2.44. The maximum Gasteiger partial charge on any atom is 0.337 e. The van der Waals surface area contributed by atoms with Crippen molar-refractivity contribution in [3.05, 3.63) is 101 Å². The second-order valence-electron chi connectivity index (χ2n) is 7.72. The van der Waals surface area contributed by atoms with Crippen LogP contribution in [0.5, 0.6) is 5.75 Å². The molecule has 1 aliphatic heterocycles. The Balaban J connectivity index is 1.35. The third kappa shape index (κ3) is 3.74. The van der Waals surface area contributed by atoms with Gasteiger partial charge in [0.25, 0.3) is 5.91 Å². The van der Waals surface area contributed by atoms with E-state index < -0.39 is 11.9 Å². The average molecular weight is 455 g/mol. The molecule has 0 saturated heterocycles. The van der Waals surface area contributed by atoms with Crippen molar-refractivity contribution in [1.29, 1.82) is 0 Å². The van der Waals surface area contributed by atoms with Gasteiger partial charge < -0.3 is 15.5 Å². The summed E-state index contributed by atoms with van der Waals surface area (Å²) in [6.07, 6.45) is 0. The molecule has 0 saturated carbocycles. The number of hydrazine groups is 2. The van der Waals surface area contributed by atoms with E-state index in [1.807, 2.05) is 30.3 Å². The summed E-state index contributed by atoms with van der Waals surface area (Å²) in [6.45, 7) is 0. The molecule has 5 rings (SSSR count). The fourth-order valence-electron chi connectivity index (χ4n) is 4.12. The highest BCUT2D eigenvalue weighted by atomic mass is 16.5. The number of Topliss-reactive ketones (excluding diaryl/α,β-unsaturated/α-hetero) is 1. The van der Waals surface area contributed by atoms with Crippen LogP contribution in [0.3, 0.4) is 0 Å². The standard InChI is InChI=1S/C25H21N5O4/c1-34-16-12-10-14(11-13-16)21-20-22(28-27-21)17-8-5-9-18(19(17)23(20)31)26-25(33)30-29-24(32)15-6-3-2-4-7-15/h2-13,22,27-28H,1H3,(H,29,32)(H2,26,30,33). The molecule has 3 aromatic rings. The Labute approximate surface area is 195 Å². The predicted molar refractivity (Wildman–Crippen MR) is 126 cm³/mol. The number of ether oxygens (including phenoxy) is 1. The van der Waals surface area contributed by atoms with Crippen molar-refractivity contribution in [1.82, 2.24) is 21.7 Å². The van der Waals surface area contributed by atoms with Gasteiger partial charge in [0.15, 0.2) is 5.78 Å². The molecule has 0 radical (unpaired) electrons. The van der Waals surface area contributed by atoms with E-state index >= 15 is 0 Å². The smallest absolute Gasteiger partial charge is 0.337 e. The van der Waals surface area contributed by atoms with Crippen molar-refractivity contribution in [2.45, 2.75) is 6.04 Å². The minimum atomic E-state index is -0.669. The third-order valence-electron chi connectivity index (χ3n) is 5.73. The zero-order valence-electron chi connectivity index (χ0n) is 18.1. The van der Waals surface area contributed by atoms with E-state index in [0.717, 1.165) is 16.9 Å². The van der Waals surface area contributed by atoms with Crippen molar-refractivity contribution in [3.8, 4) is 5.75 Å². The molecule has 0 aromatic heterocycles. The van der Waals surface area contributed by atoms with Crippen molar-refractivity contribution < 1.29 is 19.1 Å². The van der Waals surface area contributed by atoms with Crippen LogP contribution < -0.4 is 31.8 Å². The molecule has 9 nitrogen and oxygen atoms in total. The molecule has 0 spiro atoms. The number of methoxy groups -OCH3 is 1. The van der Waals surface area contributed by atoms with Gasteiger partial charge in [0.2, 0.25) is 0 Å². The Morgan fingerprint density at radius 1 is 0.912 bits per heavy atom. The highest BCUT2D eigenvalue weighted by Gasteiger charge is 2.42. The van der Waals surface area contributed by atoms with Crippen LogP contribution in [0.15, 0.2) is 78.4 Å². The number of amides is 3. The molecule has 5 N–H and O–H groups in total. The first-order valence-electron chi connectivity index (χ1n) is 10.6. The van der Waals surface area contributed by atoms with Gasteiger partial charge in [-0.25, -0.2) is 15.6 Å². The minimum Gasteiger partial charge on any atom is -0.497 e. The molecule has 34 heavy (non-hydrogen) atoms. The Morgan fingerprint density at radius 3 is 2.41 bits per heavy atom. The number of anilines is 1. The van der Waals surface area contributed by atoms with Crippen LogP contribution in [0.4, 0.5) is 10.5 Å². The van der Waals surface area contributed by atoms with Gasteiger partial charge in [0.05, 0.1) is 30.1 Å². The lowest BCUT2D eigenvalue weighted by molar-refractivity contribution is 0.0937. The Kier molecular flexibility index (Phi) is 5.44. The van der Waals surface area contributed by atoms with E-state index in [0.29, 0.717) is 28.1 Å². The summed E-state index contributed by atoms with van der Waals surface area (Å²) in [5, 5.41) is 2.67. The van der Waals surface area contributed by atoms with Gasteiger partial charge in [-0.1, -0.05) is 30.3 Å². The number of carbonyl (C=O) groups excluding carboxylic acids is 3. The number of hydrogen-bond donors (Lipinski definition) is 5. The Hall–Kier alpha value is -4.63. The molecule has 2 aliphatic rings. The number of urea groups is 1. The summed E-state index contributed by atoms with van der Waals surface area (Å²) < 4.78 is 5.21. The quantitative estimate of drug-likeness (QED) is 0.386. The summed E-state index contributed by atoms with van der Waals surface area (Å²) in [5.41, 5.74) is 15.0. The fourth-order valence-corrected chi connectivity index (χ4v) is 4.12. The van der Waals surface area contributed by atoms with Gasteiger partial charge in [0.1, 0.15) is 5.75 Å². The van der Waals surface area contributed by atoms with Gasteiger partial charge in [-0.05, 0) is 53.6 Å². The van der Waals surface area contributed by atoms with E-state index in [2.05, 4.69) is 27.0 Å². The number of nitrogens with one attached hydrogen (secondary N) is 5. The zero-order chi connectivity index (χ0) is 23.7. The van der Waals surface area contributed by atoms with Crippen molar-refractivity contribution in [3.63, 3.8) is 0 Å². The first-order chi connectivity index (χ1) is 16.6. The van der Waals surface area contributed by atoms with Gasteiger partial charge in [-0.15, -0.1) is 0 Å². The highest BCUT2D eigenvalue weighted by Crippen LogP contribution is 2.44. The zero-order valence-corrected chi connectivity index (χ0v) is 18.1. The van der Waals surface area contributed by atoms with Crippen LogP contribution in [0.2, 0.25) is 0 Å². The normalized spacial score (nSPS) is 15.8. The van der Waals surface area contributed by atoms with E-state index in [1.54, 1.807) is 49.6 Å². The van der Waals surface area contributed by atoms with Crippen LogP contribution in [-0.2, 0) is 0 Å². The van der Waals surface area contributed by atoms with Crippen LogP contribution in [-0.4, -0.2) is 24.8 Å². The van der Waals surface area contributed by atoms with Crippen molar-refractivity contribution in [2.75, 3.05) is 12.4 Å². The van der Waals surface area contributed by atoms with Crippen LogP contribution in [0.1, 0.15) is 37.9 Å². The molecule has 1 atom stereocenters. The van der Waals surface area contributed by atoms with Gasteiger partial charge in [-0.2, -0.15) is 0 Å². The number of carbonyl (C=O) groups is 3. The number of benzene rings is 3. The van der Waals surface area contributed by atoms with Gasteiger partial charge in [-0.3, -0.25) is 15.0 Å². The molecule has 1 aliphatic carbocycles.